The van der Waals surface area contributed by atoms with Crippen molar-refractivity contribution < 1.29 is 14.7 Å². The van der Waals surface area contributed by atoms with E-state index in [2.05, 4.69) is 0 Å². The molecule has 3 heteroatoms. The average Bonchev–Trinajstić information content (AvgIpc) is 2.12. The lowest BCUT2D eigenvalue weighted by molar-refractivity contribution is -0.127. The second-order valence-corrected chi connectivity index (χ2v) is 4.33. The Kier molecular flexibility index (Phi) is 3.25. The molecular weight excluding hydrogens is 192 g/mol. The SMILES string of the molecule is CC(=O)C[C@]1(C)C=C(CO)C=C(C)C1=O. The molecule has 0 radical (unpaired) electrons. The van der Waals surface area contributed by atoms with E-state index in [0.29, 0.717) is 11.1 Å². The molecule has 1 rings (SSSR count). The number of rotatable bonds is 3. The zero-order chi connectivity index (χ0) is 11.6. The molecule has 1 aliphatic carbocycles. The minimum Gasteiger partial charge on any atom is -0.392 e. The number of hydrogen-bond donors (Lipinski definition) is 1. The first-order chi connectivity index (χ1) is 6.89. The Bertz CT molecular complexity index is 363. The van der Waals surface area contributed by atoms with E-state index in [1.165, 1.54) is 6.92 Å². The summed E-state index contributed by atoms with van der Waals surface area (Å²) >= 11 is 0. The summed E-state index contributed by atoms with van der Waals surface area (Å²) in [4.78, 5) is 23.0. The van der Waals surface area contributed by atoms with E-state index in [0.717, 1.165) is 0 Å². The van der Waals surface area contributed by atoms with Crippen LogP contribution >= 0.6 is 0 Å². The zero-order valence-corrected chi connectivity index (χ0v) is 9.33. The summed E-state index contributed by atoms with van der Waals surface area (Å²) < 4.78 is 0. The molecule has 0 heterocycles. The molecule has 0 bridgehead atoms. The van der Waals surface area contributed by atoms with Gasteiger partial charge in [-0.25, -0.2) is 0 Å². The molecule has 1 aliphatic rings. The van der Waals surface area contributed by atoms with Crippen LogP contribution in [0.5, 0.6) is 0 Å². The van der Waals surface area contributed by atoms with Crippen LogP contribution in [0, 0.1) is 5.41 Å². The highest BCUT2D eigenvalue weighted by Gasteiger charge is 2.35. The Hall–Kier alpha value is -1.22. The molecule has 0 aromatic heterocycles. The number of ketones is 2. The minimum atomic E-state index is -0.775. The molecule has 0 amide bonds. The van der Waals surface area contributed by atoms with Gasteiger partial charge in [-0.2, -0.15) is 0 Å². The van der Waals surface area contributed by atoms with Gasteiger partial charge in [0.15, 0.2) is 5.78 Å². The van der Waals surface area contributed by atoms with Gasteiger partial charge in [0.2, 0.25) is 0 Å². The number of carbonyl (C=O) groups is 2. The predicted molar refractivity (Wildman–Crippen MR) is 57.3 cm³/mol. The van der Waals surface area contributed by atoms with Crippen LogP contribution in [0.4, 0.5) is 0 Å². The third-order valence-corrected chi connectivity index (χ3v) is 2.58. The molecule has 0 aromatic carbocycles. The van der Waals surface area contributed by atoms with Gasteiger partial charge >= 0.3 is 0 Å². The first kappa shape index (κ1) is 11.9. The van der Waals surface area contributed by atoms with E-state index in [1.807, 2.05) is 0 Å². The van der Waals surface area contributed by atoms with Crippen LogP contribution in [-0.2, 0) is 9.59 Å². The molecule has 3 nitrogen and oxygen atoms in total. The van der Waals surface area contributed by atoms with E-state index in [4.69, 9.17) is 5.11 Å². The van der Waals surface area contributed by atoms with E-state index in [1.54, 1.807) is 26.0 Å². The fraction of sp³-hybridized carbons (Fsp3) is 0.500. The van der Waals surface area contributed by atoms with Crippen LogP contribution in [0.2, 0.25) is 0 Å². The largest absolute Gasteiger partial charge is 0.392 e. The summed E-state index contributed by atoms with van der Waals surface area (Å²) in [6, 6.07) is 0. The Morgan fingerprint density at radius 3 is 2.60 bits per heavy atom. The Morgan fingerprint density at radius 2 is 2.13 bits per heavy atom. The fourth-order valence-corrected chi connectivity index (χ4v) is 2.05. The Balaban J connectivity index is 3.08. The first-order valence-electron chi connectivity index (χ1n) is 4.94. The summed E-state index contributed by atoms with van der Waals surface area (Å²) in [6.45, 7) is 4.82. The van der Waals surface area contributed by atoms with Gasteiger partial charge in [0.1, 0.15) is 5.78 Å². The quantitative estimate of drug-likeness (QED) is 0.763. The molecule has 0 saturated heterocycles. The lowest BCUT2D eigenvalue weighted by Crippen LogP contribution is -2.31. The highest BCUT2D eigenvalue weighted by Crippen LogP contribution is 2.33. The van der Waals surface area contributed by atoms with E-state index >= 15 is 0 Å². The Labute approximate surface area is 89.5 Å². The van der Waals surface area contributed by atoms with Crippen molar-refractivity contribution in [3.8, 4) is 0 Å². The molecular formula is C12H16O3. The zero-order valence-electron chi connectivity index (χ0n) is 9.33. The molecule has 82 valence electrons. The smallest absolute Gasteiger partial charge is 0.168 e. The van der Waals surface area contributed by atoms with Crippen LogP contribution in [0.25, 0.3) is 0 Å². The van der Waals surface area contributed by atoms with E-state index in [9.17, 15) is 9.59 Å². The lowest BCUT2D eigenvalue weighted by atomic mass is 9.74. The average molecular weight is 208 g/mol. The van der Waals surface area contributed by atoms with Gasteiger partial charge in [0.25, 0.3) is 0 Å². The molecule has 0 spiro atoms. The second-order valence-electron chi connectivity index (χ2n) is 4.33. The van der Waals surface area contributed by atoms with Crippen LogP contribution in [0.15, 0.2) is 23.3 Å². The van der Waals surface area contributed by atoms with Gasteiger partial charge in [0, 0.05) is 6.42 Å². The minimum absolute atomic E-state index is 0.0194. The number of aliphatic hydroxyl groups excluding tert-OH is 1. The van der Waals surface area contributed by atoms with Gasteiger partial charge in [-0.15, -0.1) is 0 Å². The predicted octanol–water partition coefficient (Wildman–Crippen LogP) is 1.42. The lowest BCUT2D eigenvalue weighted by Gasteiger charge is -2.28. The van der Waals surface area contributed by atoms with Crippen molar-refractivity contribution in [1.29, 1.82) is 0 Å². The maximum atomic E-state index is 11.9. The van der Waals surface area contributed by atoms with Gasteiger partial charge in [-0.3, -0.25) is 9.59 Å². The van der Waals surface area contributed by atoms with Crippen LogP contribution < -0.4 is 0 Å². The van der Waals surface area contributed by atoms with Gasteiger partial charge in [-0.1, -0.05) is 12.2 Å². The van der Waals surface area contributed by atoms with Gasteiger partial charge in [-0.05, 0) is 31.9 Å². The third kappa shape index (κ3) is 2.42. The van der Waals surface area contributed by atoms with Crippen molar-refractivity contribution in [2.75, 3.05) is 6.61 Å². The number of allylic oxidation sites excluding steroid dienone is 2. The number of Topliss-reactive ketones (excluding diaryl/α,β-unsaturated/α-hetero) is 2. The Morgan fingerprint density at radius 1 is 1.53 bits per heavy atom. The standard InChI is InChI=1S/C12H16O3/c1-8-4-10(7-13)6-12(3,11(8)15)5-9(2)14/h4,6,13H,5,7H2,1-3H3/t12-/m1/s1. The van der Waals surface area contributed by atoms with Crippen molar-refractivity contribution in [1.82, 2.24) is 0 Å². The molecule has 0 saturated carbocycles. The number of hydrogen-bond acceptors (Lipinski definition) is 3. The monoisotopic (exact) mass is 208 g/mol. The summed E-state index contributed by atoms with van der Waals surface area (Å²) in [6.07, 6.45) is 3.56. The topological polar surface area (TPSA) is 54.4 Å². The van der Waals surface area contributed by atoms with Crippen LogP contribution in [-0.4, -0.2) is 23.3 Å². The van der Waals surface area contributed by atoms with Gasteiger partial charge < -0.3 is 5.11 Å². The number of carbonyl (C=O) groups excluding carboxylic acids is 2. The van der Waals surface area contributed by atoms with Crippen molar-refractivity contribution in [3.63, 3.8) is 0 Å². The van der Waals surface area contributed by atoms with E-state index < -0.39 is 5.41 Å². The van der Waals surface area contributed by atoms with Crippen LogP contribution in [0.3, 0.4) is 0 Å². The van der Waals surface area contributed by atoms with Crippen molar-refractivity contribution >= 4 is 11.6 Å². The van der Waals surface area contributed by atoms with Gasteiger partial charge in [0.05, 0.1) is 12.0 Å². The highest BCUT2D eigenvalue weighted by atomic mass is 16.3. The fourth-order valence-electron chi connectivity index (χ4n) is 2.05. The summed E-state index contributed by atoms with van der Waals surface area (Å²) in [5, 5.41) is 9.05. The maximum Gasteiger partial charge on any atom is 0.168 e. The summed E-state index contributed by atoms with van der Waals surface area (Å²) in [5.41, 5.74) is 0.532. The second kappa shape index (κ2) is 4.11. The molecule has 1 atom stereocenters. The number of aliphatic hydroxyl groups is 1. The molecule has 1 N–H and O–H groups in total. The van der Waals surface area contributed by atoms with Crippen molar-refractivity contribution in [3.05, 3.63) is 23.3 Å². The molecule has 0 aromatic rings. The molecule has 15 heavy (non-hydrogen) atoms. The summed E-state index contributed by atoms with van der Waals surface area (Å²) in [7, 11) is 0. The maximum absolute atomic E-state index is 11.9. The van der Waals surface area contributed by atoms with Crippen LogP contribution in [0.1, 0.15) is 27.2 Å². The third-order valence-electron chi connectivity index (χ3n) is 2.58. The normalized spacial score (nSPS) is 26.0. The van der Waals surface area contributed by atoms with Crippen molar-refractivity contribution in [2.24, 2.45) is 5.41 Å². The summed E-state index contributed by atoms with van der Waals surface area (Å²) in [5.74, 6) is -0.0519. The first-order valence-corrected chi connectivity index (χ1v) is 4.94. The highest BCUT2D eigenvalue weighted by molar-refractivity contribution is 6.04. The molecule has 0 aliphatic heterocycles. The van der Waals surface area contributed by atoms with E-state index in [-0.39, 0.29) is 24.6 Å². The molecule has 0 fully saturated rings. The molecule has 0 unspecified atom stereocenters. The van der Waals surface area contributed by atoms with Crippen molar-refractivity contribution in [2.45, 2.75) is 27.2 Å².